The minimum atomic E-state index is -0.576. The second-order valence-corrected chi connectivity index (χ2v) is 5.18. The number of nitrogens with zero attached hydrogens (tertiary/aromatic N) is 1. The molecule has 0 saturated heterocycles. The molecule has 1 atom stereocenters. The molecule has 2 nitrogen and oxygen atoms in total. The van der Waals surface area contributed by atoms with Crippen molar-refractivity contribution in [3.8, 4) is 6.07 Å². The number of ketones is 1. The average molecular weight is 304 g/mol. The number of Topliss-reactive ketones (excluding diaryl/α,β-unsaturated/α-hetero) is 1. The number of hydrogen-bond donors (Lipinski definition) is 0. The molecule has 0 radical (unpaired) electrons. The largest absolute Gasteiger partial charge is 0.294 e. The Balaban J connectivity index is 2.22. The summed E-state index contributed by atoms with van der Waals surface area (Å²) in [6, 6.07) is 16.0. The van der Waals surface area contributed by atoms with E-state index in [-0.39, 0.29) is 12.2 Å². The van der Waals surface area contributed by atoms with E-state index < -0.39 is 5.92 Å². The summed E-state index contributed by atoms with van der Waals surface area (Å²) in [5, 5.41) is 10.2. The highest BCUT2D eigenvalue weighted by molar-refractivity contribution is 6.35. The zero-order chi connectivity index (χ0) is 14.5. The van der Waals surface area contributed by atoms with E-state index in [1.165, 1.54) is 0 Å². The normalized spacial score (nSPS) is 11.7. The quantitative estimate of drug-likeness (QED) is 0.756. The third-order valence-electron chi connectivity index (χ3n) is 2.98. The lowest BCUT2D eigenvalue weighted by Gasteiger charge is -2.11. The second-order valence-electron chi connectivity index (χ2n) is 4.34. The first-order valence-corrected chi connectivity index (χ1v) is 6.80. The summed E-state index contributed by atoms with van der Waals surface area (Å²) in [5.74, 6) is -0.657. The summed E-state index contributed by atoms with van der Waals surface area (Å²) in [6.45, 7) is 0. The van der Waals surface area contributed by atoms with Crippen LogP contribution in [0.4, 0.5) is 0 Å². The first kappa shape index (κ1) is 14.6. The van der Waals surface area contributed by atoms with Gasteiger partial charge in [0, 0.05) is 22.0 Å². The molecule has 0 N–H and O–H groups in total. The Morgan fingerprint density at radius 1 is 1.15 bits per heavy atom. The third-order valence-corrected chi connectivity index (χ3v) is 3.54. The summed E-state index contributed by atoms with van der Waals surface area (Å²) < 4.78 is 0. The Kier molecular flexibility index (Phi) is 4.79. The van der Waals surface area contributed by atoms with Gasteiger partial charge in [-0.15, -0.1) is 0 Å². The van der Waals surface area contributed by atoms with E-state index in [4.69, 9.17) is 23.2 Å². The van der Waals surface area contributed by atoms with Crippen LogP contribution in [0, 0.1) is 11.3 Å². The van der Waals surface area contributed by atoms with E-state index in [1.54, 1.807) is 42.5 Å². The van der Waals surface area contributed by atoms with E-state index in [0.717, 1.165) is 0 Å². The minimum absolute atomic E-state index is 0.0804. The predicted molar refractivity (Wildman–Crippen MR) is 80.2 cm³/mol. The number of benzene rings is 2. The van der Waals surface area contributed by atoms with E-state index in [9.17, 15) is 10.1 Å². The molecule has 0 aliphatic rings. The summed E-state index contributed by atoms with van der Waals surface area (Å²) in [6.07, 6.45) is 0.0991. The van der Waals surface area contributed by atoms with Crippen molar-refractivity contribution < 1.29 is 4.79 Å². The topological polar surface area (TPSA) is 40.9 Å². The fraction of sp³-hybridized carbons (Fsp3) is 0.125. The van der Waals surface area contributed by atoms with Gasteiger partial charge in [0.05, 0.1) is 12.0 Å². The van der Waals surface area contributed by atoms with Crippen molar-refractivity contribution in [3.05, 3.63) is 69.7 Å². The molecule has 0 aliphatic heterocycles. The molecule has 0 aromatic heterocycles. The summed E-state index contributed by atoms with van der Waals surface area (Å²) in [4.78, 5) is 12.1. The highest BCUT2D eigenvalue weighted by atomic mass is 35.5. The molecule has 0 spiro atoms. The zero-order valence-electron chi connectivity index (χ0n) is 10.5. The van der Waals surface area contributed by atoms with E-state index >= 15 is 0 Å². The van der Waals surface area contributed by atoms with Gasteiger partial charge in [-0.2, -0.15) is 5.26 Å². The van der Waals surface area contributed by atoms with Gasteiger partial charge < -0.3 is 0 Å². The number of hydrogen-bond acceptors (Lipinski definition) is 2. The Hall–Kier alpha value is -1.82. The Labute approximate surface area is 127 Å². The number of rotatable bonds is 4. The second kappa shape index (κ2) is 6.56. The molecule has 4 heteroatoms. The van der Waals surface area contributed by atoms with Gasteiger partial charge in [0.15, 0.2) is 5.78 Å². The van der Waals surface area contributed by atoms with Crippen LogP contribution in [0.5, 0.6) is 0 Å². The van der Waals surface area contributed by atoms with Crippen LogP contribution in [0.25, 0.3) is 0 Å². The molecule has 0 amide bonds. The van der Waals surface area contributed by atoms with Crippen LogP contribution in [0.1, 0.15) is 28.3 Å². The number of carbonyl (C=O) groups is 1. The Morgan fingerprint density at radius 3 is 2.45 bits per heavy atom. The molecule has 2 rings (SSSR count). The minimum Gasteiger partial charge on any atom is -0.294 e. The summed E-state index contributed by atoms with van der Waals surface area (Å²) in [7, 11) is 0. The molecule has 2 aromatic rings. The summed E-state index contributed by atoms with van der Waals surface area (Å²) in [5.41, 5.74) is 1.22. The SMILES string of the molecule is N#CC(CC(=O)c1ccccc1)c1ccc(Cl)cc1Cl. The molecule has 1 unspecified atom stereocenters. The lowest BCUT2D eigenvalue weighted by atomic mass is 9.93. The maximum atomic E-state index is 12.1. The van der Waals surface area contributed by atoms with Gasteiger partial charge in [0.2, 0.25) is 0 Å². The van der Waals surface area contributed by atoms with Crippen LogP contribution in [0.2, 0.25) is 10.0 Å². The van der Waals surface area contributed by atoms with Gasteiger partial charge in [-0.05, 0) is 17.7 Å². The monoisotopic (exact) mass is 303 g/mol. The maximum Gasteiger partial charge on any atom is 0.164 e. The summed E-state index contributed by atoms with van der Waals surface area (Å²) >= 11 is 11.9. The standard InChI is InChI=1S/C16H11Cl2NO/c17-13-6-7-14(15(18)9-13)12(10-19)8-16(20)11-4-2-1-3-5-11/h1-7,9,12H,8H2. The lowest BCUT2D eigenvalue weighted by Crippen LogP contribution is -2.06. The van der Waals surface area contributed by atoms with E-state index in [0.29, 0.717) is 21.2 Å². The predicted octanol–water partition coefficient (Wildman–Crippen LogP) is 4.87. The molecule has 0 bridgehead atoms. The first-order chi connectivity index (χ1) is 9.61. The Bertz CT molecular complexity index is 662. The Morgan fingerprint density at radius 2 is 1.85 bits per heavy atom. The highest BCUT2D eigenvalue weighted by Crippen LogP contribution is 2.30. The smallest absolute Gasteiger partial charge is 0.164 e. The molecular formula is C16H11Cl2NO. The van der Waals surface area contributed by atoms with Crippen LogP contribution in [-0.4, -0.2) is 5.78 Å². The number of carbonyl (C=O) groups excluding carboxylic acids is 1. The maximum absolute atomic E-state index is 12.1. The molecule has 20 heavy (non-hydrogen) atoms. The van der Waals surface area contributed by atoms with Crippen molar-refractivity contribution in [2.24, 2.45) is 0 Å². The molecular weight excluding hydrogens is 293 g/mol. The van der Waals surface area contributed by atoms with Crippen molar-refractivity contribution in [1.82, 2.24) is 0 Å². The van der Waals surface area contributed by atoms with Crippen LogP contribution in [0.3, 0.4) is 0 Å². The van der Waals surface area contributed by atoms with Gasteiger partial charge in [0.1, 0.15) is 0 Å². The van der Waals surface area contributed by atoms with E-state index in [1.807, 2.05) is 6.07 Å². The highest BCUT2D eigenvalue weighted by Gasteiger charge is 2.19. The fourth-order valence-electron chi connectivity index (χ4n) is 1.94. The fourth-order valence-corrected chi connectivity index (χ4v) is 2.48. The zero-order valence-corrected chi connectivity index (χ0v) is 12.0. The van der Waals surface area contributed by atoms with Crippen LogP contribution >= 0.6 is 23.2 Å². The average Bonchev–Trinajstić information content (AvgIpc) is 2.46. The van der Waals surface area contributed by atoms with Gasteiger partial charge in [-0.1, -0.05) is 59.6 Å². The van der Waals surface area contributed by atoms with Crippen molar-refractivity contribution in [1.29, 1.82) is 5.26 Å². The van der Waals surface area contributed by atoms with E-state index in [2.05, 4.69) is 6.07 Å². The molecule has 100 valence electrons. The van der Waals surface area contributed by atoms with Gasteiger partial charge in [0.25, 0.3) is 0 Å². The first-order valence-electron chi connectivity index (χ1n) is 6.04. The molecule has 2 aromatic carbocycles. The van der Waals surface area contributed by atoms with Crippen LogP contribution < -0.4 is 0 Å². The molecule has 0 fully saturated rings. The van der Waals surface area contributed by atoms with Gasteiger partial charge >= 0.3 is 0 Å². The van der Waals surface area contributed by atoms with Crippen molar-refractivity contribution >= 4 is 29.0 Å². The van der Waals surface area contributed by atoms with Crippen molar-refractivity contribution in [2.45, 2.75) is 12.3 Å². The van der Waals surface area contributed by atoms with Crippen LogP contribution in [0.15, 0.2) is 48.5 Å². The number of nitriles is 1. The van der Waals surface area contributed by atoms with Gasteiger partial charge in [-0.25, -0.2) is 0 Å². The van der Waals surface area contributed by atoms with Crippen molar-refractivity contribution in [3.63, 3.8) is 0 Å². The van der Waals surface area contributed by atoms with Gasteiger partial charge in [-0.3, -0.25) is 4.79 Å². The lowest BCUT2D eigenvalue weighted by molar-refractivity contribution is 0.0979. The molecule has 0 aliphatic carbocycles. The number of halogens is 2. The molecule has 0 saturated carbocycles. The molecule has 0 heterocycles. The van der Waals surface area contributed by atoms with Crippen molar-refractivity contribution in [2.75, 3.05) is 0 Å². The third kappa shape index (κ3) is 3.39. The van der Waals surface area contributed by atoms with Crippen LogP contribution in [-0.2, 0) is 0 Å².